The van der Waals surface area contributed by atoms with Gasteiger partial charge in [0.2, 0.25) is 0 Å². The van der Waals surface area contributed by atoms with Gasteiger partial charge >= 0.3 is 6.09 Å². The van der Waals surface area contributed by atoms with Gasteiger partial charge in [-0.05, 0) is 39.7 Å². The van der Waals surface area contributed by atoms with E-state index in [4.69, 9.17) is 4.74 Å². The molecule has 0 unspecified atom stereocenters. The van der Waals surface area contributed by atoms with E-state index in [1.807, 2.05) is 26.8 Å². The maximum atomic E-state index is 11.9. The molecule has 110 valence electrons. The van der Waals surface area contributed by atoms with Crippen molar-refractivity contribution in [2.75, 3.05) is 0 Å². The summed E-state index contributed by atoms with van der Waals surface area (Å²) in [5, 5.41) is 3.83. The molecule has 2 heterocycles. The number of rotatable bonds is 2. The van der Waals surface area contributed by atoms with Crippen molar-refractivity contribution in [3.8, 4) is 0 Å². The summed E-state index contributed by atoms with van der Waals surface area (Å²) in [5.41, 5.74) is -0.236. The number of aromatic nitrogens is 3. The van der Waals surface area contributed by atoms with Crippen molar-refractivity contribution >= 4 is 17.0 Å². The lowest BCUT2D eigenvalue weighted by molar-refractivity contribution is 0.0492. The van der Waals surface area contributed by atoms with Crippen molar-refractivity contribution in [2.45, 2.75) is 44.8 Å². The molecule has 6 heteroatoms. The maximum Gasteiger partial charge on any atom is 0.408 e. The van der Waals surface area contributed by atoms with Crippen molar-refractivity contribution in [3.05, 3.63) is 30.5 Å². The third-order valence-electron chi connectivity index (χ3n) is 3.30. The van der Waals surface area contributed by atoms with Crippen molar-refractivity contribution < 1.29 is 9.53 Å². The van der Waals surface area contributed by atoms with Gasteiger partial charge in [0.15, 0.2) is 5.82 Å². The molecule has 1 aliphatic rings. The first-order valence-electron chi connectivity index (χ1n) is 6.96. The van der Waals surface area contributed by atoms with E-state index in [1.54, 1.807) is 18.6 Å². The summed E-state index contributed by atoms with van der Waals surface area (Å²) in [6.07, 6.45) is 6.36. The van der Waals surface area contributed by atoms with Crippen LogP contribution in [0.2, 0.25) is 0 Å². The number of fused-ring (bicyclic) bond motifs is 1. The number of pyridine rings is 1. The molecule has 1 aliphatic carbocycles. The molecule has 1 fully saturated rings. The van der Waals surface area contributed by atoms with Crippen LogP contribution in [0.15, 0.2) is 24.7 Å². The molecule has 2 aromatic rings. The molecular formula is C15H18N4O2. The van der Waals surface area contributed by atoms with Crippen LogP contribution >= 0.6 is 0 Å². The van der Waals surface area contributed by atoms with Gasteiger partial charge in [-0.3, -0.25) is 4.98 Å². The Hall–Kier alpha value is -2.24. The predicted molar refractivity (Wildman–Crippen MR) is 77.6 cm³/mol. The average molecular weight is 286 g/mol. The Balaban J connectivity index is 1.82. The van der Waals surface area contributed by atoms with E-state index in [0.29, 0.717) is 5.82 Å². The molecule has 1 saturated carbocycles. The van der Waals surface area contributed by atoms with Crippen LogP contribution in [0.5, 0.6) is 0 Å². The fraction of sp³-hybridized carbons (Fsp3) is 0.467. The molecule has 0 radical (unpaired) electrons. The zero-order valence-corrected chi connectivity index (χ0v) is 12.4. The molecule has 1 amide bonds. The van der Waals surface area contributed by atoms with E-state index in [-0.39, 0.29) is 0 Å². The third kappa shape index (κ3) is 2.94. The fourth-order valence-electron chi connectivity index (χ4n) is 2.13. The van der Waals surface area contributed by atoms with E-state index in [2.05, 4.69) is 20.3 Å². The topological polar surface area (TPSA) is 77.0 Å². The van der Waals surface area contributed by atoms with Gasteiger partial charge in [-0.25, -0.2) is 14.8 Å². The van der Waals surface area contributed by atoms with Gasteiger partial charge in [-0.2, -0.15) is 0 Å². The average Bonchev–Trinajstić information content (AvgIpc) is 3.16. The van der Waals surface area contributed by atoms with Gasteiger partial charge in [0.25, 0.3) is 0 Å². The number of nitrogens with zero attached hydrogens (tertiary/aromatic N) is 3. The van der Waals surface area contributed by atoms with Crippen LogP contribution in [0, 0.1) is 0 Å². The highest BCUT2D eigenvalue weighted by Gasteiger charge is 2.49. The number of hydrogen-bond acceptors (Lipinski definition) is 5. The minimum absolute atomic E-state index is 0.435. The van der Waals surface area contributed by atoms with E-state index >= 15 is 0 Å². The lowest BCUT2D eigenvalue weighted by Gasteiger charge is -2.22. The Morgan fingerprint density at radius 3 is 2.76 bits per heavy atom. The molecule has 0 saturated heterocycles. The summed E-state index contributed by atoms with van der Waals surface area (Å²) in [6.45, 7) is 5.51. The van der Waals surface area contributed by atoms with Crippen LogP contribution < -0.4 is 5.32 Å². The van der Waals surface area contributed by atoms with Gasteiger partial charge in [-0.1, -0.05) is 0 Å². The molecule has 0 atom stereocenters. The minimum atomic E-state index is -0.520. The monoisotopic (exact) mass is 286 g/mol. The normalized spacial score (nSPS) is 16.5. The summed E-state index contributed by atoms with van der Waals surface area (Å²) < 4.78 is 5.30. The first kappa shape index (κ1) is 13.7. The number of amides is 1. The second-order valence-corrected chi connectivity index (χ2v) is 6.34. The lowest BCUT2D eigenvalue weighted by atomic mass is 10.2. The molecule has 1 N–H and O–H groups in total. The Morgan fingerprint density at radius 2 is 2.10 bits per heavy atom. The van der Waals surface area contributed by atoms with Crippen molar-refractivity contribution in [3.63, 3.8) is 0 Å². The first-order valence-corrected chi connectivity index (χ1v) is 6.96. The quantitative estimate of drug-likeness (QED) is 0.918. The fourth-order valence-corrected chi connectivity index (χ4v) is 2.13. The first-order chi connectivity index (χ1) is 9.88. The Bertz CT molecular complexity index is 689. The molecular weight excluding hydrogens is 268 g/mol. The van der Waals surface area contributed by atoms with E-state index in [0.717, 1.165) is 23.7 Å². The highest BCUT2D eigenvalue weighted by Crippen LogP contribution is 2.44. The molecule has 6 nitrogen and oxygen atoms in total. The zero-order valence-electron chi connectivity index (χ0n) is 12.4. The van der Waals surface area contributed by atoms with Gasteiger partial charge in [-0.15, -0.1) is 0 Å². The summed E-state index contributed by atoms with van der Waals surface area (Å²) >= 11 is 0. The number of hydrogen-bond donors (Lipinski definition) is 1. The van der Waals surface area contributed by atoms with E-state index < -0.39 is 17.2 Å². The third-order valence-corrected chi connectivity index (χ3v) is 3.30. The molecule has 21 heavy (non-hydrogen) atoms. The second-order valence-electron chi connectivity index (χ2n) is 6.34. The van der Waals surface area contributed by atoms with Gasteiger partial charge in [0.1, 0.15) is 11.1 Å². The largest absolute Gasteiger partial charge is 0.444 e. The molecule has 0 aliphatic heterocycles. The predicted octanol–water partition coefficient (Wildman–Crippen LogP) is 2.54. The number of ether oxygens (including phenoxy) is 1. The Kier molecular flexibility index (Phi) is 3.04. The number of carbonyl (C=O) groups excluding carboxylic acids is 1. The molecule has 0 bridgehead atoms. The lowest BCUT2D eigenvalue weighted by Crippen LogP contribution is -2.40. The number of alkyl carbamates (subject to hydrolysis) is 1. The molecule has 3 rings (SSSR count). The minimum Gasteiger partial charge on any atom is -0.444 e. The molecule has 0 spiro atoms. The highest BCUT2D eigenvalue weighted by molar-refractivity contribution is 5.76. The molecule has 2 aromatic heterocycles. The smallest absolute Gasteiger partial charge is 0.408 e. The maximum absolute atomic E-state index is 11.9. The molecule has 0 aromatic carbocycles. The Morgan fingerprint density at radius 1 is 1.33 bits per heavy atom. The van der Waals surface area contributed by atoms with Crippen LogP contribution in [0.25, 0.3) is 10.9 Å². The SMILES string of the molecule is CC(C)(C)OC(=O)NC1(c2ncc3ccncc3n2)CC1. The zero-order chi connectivity index (χ0) is 15.1. The summed E-state index contributed by atoms with van der Waals surface area (Å²) in [7, 11) is 0. The van der Waals surface area contributed by atoms with Crippen LogP contribution in [-0.4, -0.2) is 26.6 Å². The van der Waals surface area contributed by atoms with Crippen LogP contribution in [0.1, 0.15) is 39.4 Å². The number of nitrogens with one attached hydrogen (secondary N) is 1. The van der Waals surface area contributed by atoms with Crippen LogP contribution in [0.4, 0.5) is 4.79 Å². The van der Waals surface area contributed by atoms with Gasteiger partial charge in [0, 0.05) is 17.8 Å². The summed E-state index contributed by atoms with van der Waals surface area (Å²) in [6, 6.07) is 1.86. The van der Waals surface area contributed by atoms with Gasteiger partial charge in [0.05, 0.1) is 11.7 Å². The van der Waals surface area contributed by atoms with Crippen molar-refractivity contribution in [1.82, 2.24) is 20.3 Å². The standard InChI is InChI=1S/C15H18N4O2/c1-14(2,3)21-13(20)19-15(5-6-15)12-17-8-10-4-7-16-9-11(10)18-12/h4,7-9H,5-6H2,1-3H3,(H,19,20). The second kappa shape index (κ2) is 4.65. The Labute approximate surface area is 123 Å². The van der Waals surface area contributed by atoms with E-state index in [9.17, 15) is 4.79 Å². The van der Waals surface area contributed by atoms with Crippen LogP contribution in [0.3, 0.4) is 0 Å². The highest BCUT2D eigenvalue weighted by atomic mass is 16.6. The van der Waals surface area contributed by atoms with E-state index in [1.165, 1.54) is 0 Å². The van der Waals surface area contributed by atoms with Crippen molar-refractivity contribution in [1.29, 1.82) is 0 Å². The van der Waals surface area contributed by atoms with Gasteiger partial charge < -0.3 is 10.1 Å². The summed E-state index contributed by atoms with van der Waals surface area (Å²) in [5.74, 6) is 0.619. The van der Waals surface area contributed by atoms with Crippen LogP contribution in [-0.2, 0) is 10.3 Å². The summed E-state index contributed by atoms with van der Waals surface area (Å²) in [4.78, 5) is 24.9. The van der Waals surface area contributed by atoms with Crippen molar-refractivity contribution in [2.24, 2.45) is 0 Å². The number of carbonyl (C=O) groups is 1.